The fraction of sp³-hybridized carbons (Fsp3) is 0.500. The molecule has 0 aromatic heterocycles. The molecule has 0 saturated carbocycles. The predicted octanol–water partition coefficient (Wildman–Crippen LogP) is 2.25. The summed E-state index contributed by atoms with van der Waals surface area (Å²) in [6, 6.07) is 7.05. The molecule has 0 spiro atoms. The maximum Gasteiger partial charge on any atom is 0.156 e. The van der Waals surface area contributed by atoms with Gasteiger partial charge in [-0.1, -0.05) is 36.7 Å². The summed E-state index contributed by atoms with van der Waals surface area (Å²) in [6.45, 7) is 1.96. The van der Waals surface area contributed by atoms with Crippen LogP contribution in [0.5, 0.6) is 0 Å². The topological polar surface area (TPSA) is 46.2 Å². The first-order valence-corrected chi connectivity index (χ1v) is 7.79. The Labute approximate surface area is 108 Å². The minimum atomic E-state index is -3.13. The van der Waals surface area contributed by atoms with Crippen LogP contribution in [0.15, 0.2) is 24.3 Å². The van der Waals surface area contributed by atoms with E-state index in [0.717, 1.165) is 6.42 Å². The molecular weight excluding hydrogens is 258 g/mol. The van der Waals surface area contributed by atoms with Gasteiger partial charge in [0.25, 0.3) is 0 Å². The average Bonchev–Trinajstić information content (AvgIpc) is 2.29. The lowest BCUT2D eigenvalue weighted by molar-refractivity contribution is 0.555. The fourth-order valence-corrected chi connectivity index (χ4v) is 3.76. The van der Waals surface area contributed by atoms with Crippen molar-refractivity contribution in [3.8, 4) is 0 Å². The lowest BCUT2D eigenvalue weighted by atomic mass is 10.2. The molecule has 17 heavy (non-hydrogen) atoms. The summed E-state index contributed by atoms with van der Waals surface area (Å²) in [5.41, 5.74) is 0.667. The Balaban J connectivity index is 2.77. The van der Waals surface area contributed by atoms with Crippen LogP contribution in [0.25, 0.3) is 0 Å². The van der Waals surface area contributed by atoms with E-state index in [0.29, 0.717) is 10.6 Å². The van der Waals surface area contributed by atoms with Crippen LogP contribution in [0.4, 0.5) is 0 Å². The van der Waals surface area contributed by atoms with E-state index in [1.807, 2.05) is 6.92 Å². The third-order valence-electron chi connectivity index (χ3n) is 2.69. The zero-order chi connectivity index (χ0) is 12.9. The van der Waals surface area contributed by atoms with E-state index < -0.39 is 9.84 Å². The molecule has 0 radical (unpaired) electrons. The van der Waals surface area contributed by atoms with Gasteiger partial charge in [0, 0.05) is 11.1 Å². The van der Waals surface area contributed by atoms with Gasteiger partial charge in [-0.25, -0.2) is 8.42 Å². The first kappa shape index (κ1) is 14.5. The summed E-state index contributed by atoms with van der Waals surface area (Å²) in [7, 11) is -1.35. The molecule has 5 heteroatoms. The molecule has 0 heterocycles. The van der Waals surface area contributed by atoms with E-state index in [-0.39, 0.29) is 17.5 Å². The molecule has 1 rings (SSSR count). The number of benzene rings is 1. The predicted molar refractivity (Wildman–Crippen MR) is 72.1 cm³/mol. The highest BCUT2D eigenvalue weighted by molar-refractivity contribution is 7.90. The molecule has 0 bridgehead atoms. The Hall–Kier alpha value is -0.580. The van der Waals surface area contributed by atoms with E-state index in [2.05, 4.69) is 5.32 Å². The van der Waals surface area contributed by atoms with E-state index >= 15 is 0 Å². The van der Waals surface area contributed by atoms with Gasteiger partial charge in [-0.05, 0) is 25.1 Å². The van der Waals surface area contributed by atoms with E-state index in [9.17, 15) is 8.42 Å². The molecule has 0 amide bonds. The number of halogens is 1. The third-order valence-corrected chi connectivity index (χ3v) is 4.72. The zero-order valence-corrected chi connectivity index (χ0v) is 11.7. The first-order chi connectivity index (χ1) is 7.98. The first-order valence-electron chi connectivity index (χ1n) is 5.59. The standard InChI is InChI=1S/C12H18ClNO2S/c1-3-11(14-2)9-17(15,16)8-10-6-4-5-7-12(10)13/h4-7,11,14H,3,8-9H2,1-2H3. The molecule has 3 nitrogen and oxygen atoms in total. The molecule has 0 fully saturated rings. The highest BCUT2D eigenvalue weighted by Crippen LogP contribution is 2.18. The van der Waals surface area contributed by atoms with Gasteiger partial charge >= 0.3 is 0 Å². The zero-order valence-electron chi connectivity index (χ0n) is 10.1. The number of hydrogen-bond donors (Lipinski definition) is 1. The SMILES string of the molecule is CCC(CS(=O)(=O)Cc1ccccc1Cl)NC. The van der Waals surface area contributed by atoms with Crippen LogP contribution in [0, 0.1) is 0 Å². The smallest absolute Gasteiger partial charge is 0.156 e. The minimum Gasteiger partial charge on any atom is -0.316 e. The number of hydrogen-bond acceptors (Lipinski definition) is 3. The molecule has 1 aromatic carbocycles. The Bertz CT molecular complexity index is 455. The molecule has 1 aromatic rings. The summed E-state index contributed by atoms with van der Waals surface area (Å²) in [6.07, 6.45) is 0.790. The van der Waals surface area contributed by atoms with Crippen LogP contribution in [0.1, 0.15) is 18.9 Å². The van der Waals surface area contributed by atoms with E-state index in [4.69, 9.17) is 11.6 Å². The van der Waals surface area contributed by atoms with E-state index in [1.165, 1.54) is 0 Å². The van der Waals surface area contributed by atoms with Crippen molar-refractivity contribution in [3.63, 3.8) is 0 Å². The van der Waals surface area contributed by atoms with Gasteiger partial charge in [0.15, 0.2) is 9.84 Å². The van der Waals surface area contributed by atoms with Crippen molar-refractivity contribution in [2.24, 2.45) is 0 Å². The second-order valence-electron chi connectivity index (χ2n) is 4.04. The fourth-order valence-electron chi connectivity index (χ4n) is 1.62. The van der Waals surface area contributed by atoms with Gasteiger partial charge in [-0.3, -0.25) is 0 Å². The monoisotopic (exact) mass is 275 g/mol. The Morgan fingerprint density at radius 1 is 1.35 bits per heavy atom. The van der Waals surface area contributed by atoms with Crippen molar-refractivity contribution in [1.29, 1.82) is 0 Å². The Morgan fingerprint density at radius 2 is 2.00 bits per heavy atom. The Morgan fingerprint density at radius 3 is 2.53 bits per heavy atom. The van der Waals surface area contributed by atoms with Gasteiger partial charge in [0.2, 0.25) is 0 Å². The highest BCUT2D eigenvalue weighted by atomic mass is 35.5. The van der Waals surface area contributed by atoms with Crippen molar-refractivity contribution in [2.75, 3.05) is 12.8 Å². The van der Waals surface area contributed by atoms with Crippen molar-refractivity contribution in [3.05, 3.63) is 34.9 Å². The Kier molecular flexibility index (Phi) is 5.43. The highest BCUT2D eigenvalue weighted by Gasteiger charge is 2.18. The largest absolute Gasteiger partial charge is 0.316 e. The average molecular weight is 276 g/mol. The lowest BCUT2D eigenvalue weighted by Gasteiger charge is -2.14. The van der Waals surface area contributed by atoms with Crippen molar-refractivity contribution in [2.45, 2.75) is 25.1 Å². The van der Waals surface area contributed by atoms with Crippen molar-refractivity contribution >= 4 is 21.4 Å². The summed E-state index contributed by atoms with van der Waals surface area (Å²) in [5.74, 6) is 0.149. The molecule has 1 atom stereocenters. The molecule has 0 aliphatic rings. The van der Waals surface area contributed by atoms with E-state index in [1.54, 1.807) is 31.3 Å². The maximum absolute atomic E-state index is 12.0. The summed E-state index contributed by atoms with van der Waals surface area (Å²) >= 11 is 5.95. The normalized spacial score (nSPS) is 13.6. The second kappa shape index (κ2) is 6.38. The van der Waals surface area contributed by atoms with Crippen LogP contribution >= 0.6 is 11.6 Å². The van der Waals surface area contributed by atoms with Crippen LogP contribution in [0.3, 0.4) is 0 Å². The molecule has 1 N–H and O–H groups in total. The van der Waals surface area contributed by atoms with Crippen LogP contribution in [-0.4, -0.2) is 27.3 Å². The van der Waals surface area contributed by atoms with Gasteiger partial charge in [-0.2, -0.15) is 0 Å². The van der Waals surface area contributed by atoms with Gasteiger partial charge in [0.1, 0.15) is 0 Å². The lowest BCUT2D eigenvalue weighted by Crippen LogP contribution is -2.32. The van der Waals surface area contributed by atoms with Gasteiger partial charge < -0.3 is 5.32 Å². The second-order valence-corrected chi connectivity index (χ2v) is 6.56. The van der Waals surface area contributed by atoms with Crippen LogP contribution < -0.4 is 5.32 Å². The van der Waals surface area contributed by atoms with Crippen LogP contribution in [-0.2, 0) is 15.6 Å². The molecule has 0 aliphatic heterocycles. The maximum atomic E-state index is 12.0. The van der Waals surface area contributed by atoms with Crippen molar-refractivity contribution < 1.29 is 8.42 Å². The minimum absolute atomic E-state index is 0.00230. The van der Waals surface area contributed by atoms with Gasteiger partial charge in [-0.15, -0.1) is 0 Å². The quantitative estimate of drug-likeness (QED) is 0.866. The van der Waals surface area contributed by atoms with Gasteiger partial charge in [0.05, 0.1) is 11.5 Å². The summed E-state index contributed by atoms with van der Waals surface area (Å²) < 4.78 is 24.0. The van der Waals surface area contributed by atoms with Crippen LogP contribution in [0.2, 0.25) is 5.02 Å². The van der Waals surface area contributed by atoms with Crippen molar-refractivity contribution in [1.82, 2.24) is 5.32 Å². The number of sulfone groups is 1. The molecular formula is C12H18ClNO2S. The number of rotatable bonds is 6. The number of nitrogens with one attached hydrogen (secondary N) is 1. The molecule has 96 valence electrons. The molecule has 1 unspecified atom stereocenters. The summed E-state index contributed by atoms with van der Waals surface area (Å²) in [4.78, 5) is 0. The molecule has 0 saturated heterocycles. The summed E-state index contributed by atoms with van der Waals surface area (Å²) in [5, 5.41) is 3.50. The molecule has 0 aliphatic carbocycles. The third kappa shape index (κ3) is 4.66.